The Morgan fingerprint density at radius 1 is 1.19 bits per heavy atom. The molecule has 4 aliphatic rings. The van der Waals surface area contributed by atoms with Crippen LogP contribution in [0.2, 0.25) is 0 Å². The average molecular weight is 440 g/mol. The van der Waals surface area contributed by atoms with Crippen LogP contribution in [0.5, 0.6) is 0 Å². The third kappa shape index (κ3) is 4.66. The SMILES string of the molecule is O=C1CC(COC2(C(=O)NCCC3CC3)CCCCC2)NC2N=C(c3ccccc3)NN12. The lowest BCUT2D eigenvalue weighted by atomic mass is 9.83. The molecule has 2 amide bonds. The van der Waals surface area contributed by atoms with Gasteiger partial charge in [-0.3, -0.25) is 20.3 Å². The number of ether oxygens (including phenoxy) is 1. The van der Waals surface area contributed by atoms with Gasteiger partial charge in [0.2, 0.25) is 5.91 Å². The Morgan fingerprint density at radius 2 is 1.97 bits per heavy atom. The molecule has 32 heavy (non-hydrogen) atoms. The number of rotatable bonds is 8. The number of hydrogen-bond donors (Lipinski definition) is 3. The van der Waals surface area contributed by atoms with Crippen LogP contribution < -0.4 is 16.1 Å². The minimum Gasteiger partial charge on any atom is -0.364 e. The van der Waals surface area contributed by atoms with Crippen molar-refractivity contribution < 1.29 is 14.3 Å². The van der Waals surface area contributed by atoms with E-state index >= 15 is 0 Å². The van der Waals surface area contributed by atoms with Crippen LogP contribution in [-0.2, 0) is 14.3 Å². The Bertz CT molecular complexity index is 864. The highest BCUT2D eigenvalue weighted by Crippen LogP contribution is 2.34. The van der Waals surface area contributed by atoms with E-state index in [0.29, 0.717) is 18.9 Å². The standard InChI is InChI=1S/C24H33N5O3/c30-20-15-19(26-23-27-21(28-29(20)23)18-7-3-1-4-8-18)16-32-24(12-5-2-6-13-24)22(31)25-14-11-17-9-10-17/h1,3-4,7-8,17,19,23,26H,2,5-6,9-16H2,(H,25,31)(H,27,28). The van der Waals surface area contributed by atoms with Gasteiger partial charge in [0.25, 0.3) is 5.91 Å². The van der Waals surface area contributed by atoms with Crippen LogP contribution in [-0.4, -0.2) is 53.7 Å². The smallest absolute Gasteiger partial charge is 0.252 e. The molecule has 0 bridgehead atoms. The monoisotopic (exact) mass is 439 g/mol. The number of hydrogen-bond acceptors (Lipinski definition) is 6. The molecule has 5 rings (SSSR count). The number of hydrazine groups is 1. The molecule has 2 heterocycles. The van der Waals surface area contributed by atoms with Gasteiger partial charge in [-0.15, -0.1) is 0 Å². The van der Waals surface area contributed by atoms with E-state index in [1.54, 1.807) is 5.01 Å². The zero-order valence-electron chi connectivity index (χ0n) is 18.5. The molecule has 1 aromatic rings. The van der Waals surface area contributed by atoms with Gasteiger partial charge in [-0.1, -0.05) is 62.4 Å². The summed E-state index contributed by atoms with van der Waals surface area (Å²) in [4.78, 5) is 30.5. The second kappa shape index (κ2) is 9.19. The van der Waals surface area contributed by atoms with E-state index in [0.717, 1.165) is 56.6 Å². The zero-order chi connectivity index (χ0) is 22.0. The number of amidine groups is 1. The molecule has 2 aliphatic heterocycles. The van der Waals surface area contributed by atoms with Crippen LogP contribution in [0.15, 0.2) is 35.3 Å². The molecule has 8 heteroatoms. The summed E-state index contributed by atoms with van der Waals surface area (Å²) < 4.78 is 6.34. The molecule has 2 saturated carbocycles. The van der Waals surface area contributed by atoms with E-state index in [1.165, 1.54) is 12.8 Å². The number of fused-ring (bicyclic) bond motifs is 1. The second-order valence-electron chi connectivity index (χ2n) is 9.51. The summed E-state index contributed by atoms with van der Waals surface area (Å²) in [5.74, 6) is 1.47. The van der Waals surface area contributed by atoms with Crippen molar-refractivity contribution in [1.82, 2.24) is 21.1 Å². The molecule has 1 saturated heterocycles. The molecule has 2 unspecified atom stereocenters. The number of carbonyl (C=O) groups is 2. The fourth-order valence-electron chi connectivity index (χ4n) is 4.89. The Labute approximate surface area is 189 Å². The maximum Gasteiger partial charge on any atom is 0.252 e. The van der Waals surface area contributed by atoms with E-state index in [1.807, 2.05) is 30.3 Å². The van der Waals surface area contributed by atoms with E-state index in [2.05, 4.69) is 21.1 Å². The topological polar surface area (TPSA) is 95.1 Å². The van der Waals surface area contributed by atoms with Gasteiger partial charge in [0, 0.05) is 24.6 Å². The summed E-state index contributed by atoms with van der Waals surface area (Å²) in [5, 5.41) is 8.08. The Hall–Kier alpha value is -2.45. The number of benzene rings is 1. The quantitative estimate of drug-likeness (QED) is 0.576. The van der Waals surface area contributed by atoms with Crippen molar-refractivity contribution in [3.8, 4) is 0 Å². The Balaban J connectivity index is 1.20. The van der Waals surface area contributed by atoms with Gasteiger partial charge in [-0.2, -0.15) is 0 Å². The van der Waals surface area contributed by atoms with Gasteiger partial charge in [-0.25, -0.2) is 10.0 Å². The third-order valence-electron chi connectivity index (χ3n) is 7.01. The predicted octanol–water partition coefficient (Wildman–Crippen LogP) is 2.06. The summed E-state index contributed by atoms with van der Waals surface area (Å²) in [7, 11) is 0. The van der Waals surface area contributed by atoms with Crippen molar-refractivity contribution in [2.45, 2.75) is 75.7 Å². The molecule has 2 aliphatic carbocycles. The number of aliphatic imine (C=N–C) groups is 1. The van der Waals surface area contributed by atoms with Gasteiger partial charge >= 0.3 is 0 Å². The van der Waals surface area contributed by atoms with E-state index in [4.69, 9.17) is 4.74 Å². The molecule has 3 N–H and O–H groups in total. The molecule has 0 radical (unpaired) electrons. The fourth-order valence-corrected chi connectivity index (χ4v) is 4.89. The average Bonchev–Trinajstić information content (AvgIpc) is 3.54. The van der Waals surface area contributed by atoms with Gasteiger partial charge in [0.1, 0.15) is 5.60 Å². The van der Waals surface area contributed by atoms with Crippen molar-refractivity contribution in [3.63, 3.8) is 0 Å². The van der Waals surface area contributed by atoms with Crippen LogP contribution in [0.4, 0.5) is 0 Å². The maximum absolute atomic E-state index is 13.1. The molecule has 3 fully saturated rings. The first kappa shape index (κ1) is 21.4. The number of nitrogens with zero attached hydrogens (tertiary/aromatic N) is 2. The summed E-state index contributed by atoms with van der Waals surface area (Å²) in [5.41, 5.74) is 3.28. The van der Waals surface area contributed by atoms with Crippen LogP contribution in [0.3, 0.4) is 0 Å². The van der Waals surface area contributed by atoms with Gasteiger partial charge in [-0.05, 0) is 25.2 Å². The number of carbonyl (C=O) groups excluding carboxylic acids is 2. The molecule has 0 spiro atoms. The molecule has 172 valence electrons. The fraction of sp³-hybridized carbons (Fsp3) is 0.625. The van der Waals surface area contributed by atoms with Crippen molar-refractivity contribution in [2.24, 2.45) is 10.9 Å². The molecular weight excluding hydrogens is 406 g/mol. The molecule has 1 aromatic carbocycles. The normalized spacial score (nSPS) is 26.8. The van der Waals surface area contributed by atoms with Crippen molar-refractivity contribution in [2.75, 3.05) is 13.2 Å². The first-order valence-electron chi connectivity index (χ1n) is 12.0. The Morgan fingerprint density at radius 3 is 2.72 bits per heavy atom. The minimum atomic E-state index is -0.768. The number of amides is 2. The van der Waals surface area contributed by atoms with Crippen molar-refractivity contribution in [3.05, 3.63) is 35.9 Å². The molecule has 2 atom stereocenters. The third-order valence-corrected chi connectivity index (χ3v) is 7.01. The number of nitrogens with one attached hydrogen (secondary N) is 3. The van der Waals surface area contributed by atoms with Gasteiger partial charge in [0.15, 0.2) is 12.1 Å². The summed E-state index contributed by atoms with van der Waals surface area (Å²) in [6.07, 6.45) is 8.12. The van der Waals surface area contributed by atoms with Crippen molar-refractivity contribution >= 4 is 17.6 Å². The minimum absolute atomic E-state index is 0.0218. The Kier molecular flexibility index (Phi) is 6.15. The summed E-state index contributed by atoms with van der Waals surface area (Å²) in [6.45, 7) is 1.05. The highest BCUT2D eigenvalue weighted by molar-refractivity contribution is 6.01. The van der Waals surface area contributed by atoms with Crippen LogP contribution in [0.1, 0.15) is 63.4 Å². The van der Waals surface area contributed by atoms with E-state index < -0.39 is 11.9 Å². The van der Waals surface area contributed by atoms with Crippen LogP contribution in [0, 0.1) is 5.92 Å². The molecular formula is C24H33N5O3. The lowest BCUT2D eigenvalue weighted by Crippen LogP contribution is -2.61. The maximum atomic E-state index is 13.1. The first-order valence-corrected chi connectivity index (χ1v) is 12.0. The lowest BCUT2D eigenvalue weighted by molar-refractivity contribution is -0.156. The molecule has 8 nitrogen and oxygen atoms in total. The summed E-state index contributed by atoms with van der Waals surface area (Å²) >= 11 is 0. The van der Waals surface area contributed by atoms with Gasteiger partial charge < -0.3 is 10.1 Å². The van der Waals surface area contributed by atoms with Gasteiger partial charge in [0.05, 0.1) is 6.61 Å². The second-order valence-corrected chi connectivity index (χ2v) is 9.51. The lowest BCUT2D eigenvalue weighted by Gasteiger charge is -2.39. The highest BCUT2D eigenvalue weighted by atomic mass is 16.5. The van der Waals surface area contributed by atoms with E-state index in [9.17, 15) is 9.59 Å². The zero-order valence-corrected chi connectivity index (χ0v) is 18.5. The molecule has 0 aromatic heterocycles. The van der Waals surface area contributed by atoms with Crippen LogP contribution >= 0.6 is 0 Å². The summed E-state index contributed by atoms with van der Waals surface area (Å²) in [6, 6.07) is 9.59. The first-order chi connectivity index (χ1) is 15.6. The highest BCUT2D eigenvalue weighted by Gasteiger charge is 2.43. The van der Waals surface area contributed by atoms with Crippen LogP contribution in [0.25, 0.3) is 0 Å². The van der Waals surface area contributed by atoms with E-state index in [-0.39, 0.29) is 17.9 Å². The van der Waals surface area contributed by atoms with Crippen molar-refractivity contribution in [1.29, 1.82) is 0 Å². The predicted molar refractivity (Wildman–Crippen MR) is 120 cm³/mol. The largest absolute Gasteiger partial charge is 0.364 e.